The highest BCUT2D eigenvalue weighted by molar-refractivity contribution is 7.48. The minimum absolute atomic E-state index is 0.167. The van der Waals surface area contributed by atoms with Gasteiger partial charge in [0.25, 0.3) is 0 Å². The highest BCUT2D eigenvalue weighted by Gasteiger charge is 2.28. The molecule has 0 aromatic heterocycles. The Morgan fingerprint density at radius 3 is 2.43 bits per heavy atom. The van der Waals surface area contributed by atoms with Crippen molar-refractivity contribution < 1.29 is 22.9 Å². The van der Waals surface area contributed by atoms with Crippen LogP contribution in [0.5, 0.6) is 5.75 Å². The largest absolute Gasteiger partial charge is 0.530 e. The van der Waals surface area contributed by atoms with Crippen LogP contribution in [0.15, 0.2) is 43.5 Å². The molecule has 0 radical (unpaired) electrons. The monoisotopic (exact) mass is 312 g/mol. The molecule has 1 aromatic carbocycles. The second-order valence-electron chi connectivity index (χ2n) is 3.89. The molecule has 0 aliphatic carbocycles. The van der Waals surface area contributed by atoms with Crippen molar-refractivity contribution in [1.82, 2.24) is 0 Å². The Labute approximate surface area is 125 Å². The van der Waals surface area contributed by atoms with Gasteiger partial charge in [0.2, 0.25) is 0 Å². The summed E-state index contributed by atoms with van der Waals surface area (Å²) < 4.78 is 33.3. The summed E-state index contributed by atoms with van der Waals surface area (Å²) in [5.41, 5.74) is 0.582. The molecule has 0 aliphatic rings. The second-order valence-corrected chi connectivity index (χ2v) is 5.49. The molecule has 0 fully saturated rings. The van der Waals surface area contributed by atoms with Gasteiger partial charge in [-0.05, 0) is 26.0 Å². The fourth-order valence-electron chi connectivity index (χ4n) is 1.56. The number of phosphoric acid groups is 1. The predicted molar refractivity (Wildman–Crippen MR) is 83.1 cm³/mol. The average molecular weight is 312 g/mol. The smallest absolute Gasteiger partial charge is 0.489 e. The third-order valence-corrected chi connectivity index (χ3v) is 3.93. The Balaban J connectivity index is 2.92. The first-order valence-corrected chi connectivity index (χ1v) is 8.13. The van der Waals surface area contributed by atoms with Gasteiger partial charge < -0.3 is 9.26 Å². The molecule has 1 aromatic rings. The lowest BCUT2D eigenvalue weighted by Crippen LogP contribution is -2.02. The normalized spacial score (nSPS) is 11.0. The van der Waals surface area contributed by atoms with Crippen LogP contribution < -0.4 is 4.74 Å². The number of rotatable bonds is 10. The molecule has 0 bridgehead atoms. The molecule has 21 heavy (non-hydrogen) atoms. The number of para-hydroxylation sites is 1. The van der Waals surface area contributed by atoms with Gasteiger partial charge in [-0.1, -0.05) is 31.4 Å². The van der Waals surface area contributed by atoms with E-state index >= 15 is 0 Å². The van der Waals surface area contributed by atoms with Crippen LogP contribution in [0, 0.1) is 0 Å². The van der Waals surface area contributed by atoms with Crippen molar-refractivity contribution in [2.24, 2.45) is 0 Å². The van der Waals surface area contributed by atoms with Gasteiger partial charge in [0.05, 0.1) is 18.8 Å². The van der Waals surface area contributed by atoms with E-state index in [9.17, 15) is 4.57 Å². The molecule has 0 unspecified atom stereocenters. The maximum Gasteiger partial charge on any atom is 0.530 e. The van der Waals surface area contributed by atoms with Crippen molar-refractivity contribution in [1.29, 1.82) is 0 Å². The fourth-order valence-corrected chi connectivity index (χ4v) is 2.74. The van der Waals surface area contributed by atoms with Gasteiger partial charge in [-0.15, -0.1) is 0 Å². The minimum Gasteiger partial charge on any atom is -0.489 e. The molecule has 0 N–H and O–H groups in total. The summed E-state index contributed by atoms with van der Waals surface area (Å²) >= 11 is 0. The molecule has 0 spiro atoms. The van der Waals surface area contributed by atoms with Gasteiger partial charge in [0.15, 0.2) is 0 Å². The highest BCUT2D eigenvalue weighted by atomic mass is 31.2. The van der Waals surface area contributed by atoms with Crippen LogP contribution >= 0.6 is 7.82 Å². The van der Waals surface area contributed by atoms with Gasteiger partial charge >= 0.3 is 7.82 Å². The van der Waals surface area contributed by atoms with Gasteiger partial charge in [-0.3, -0.25) is 9.05 Å². The molecule has 6 heteroatoms. The van der Waals surface area contributed by atoms with E-state index in [1.165, 1.54) is 0 Å². The van der Waals surface area contributed by atoms with E-state index in [0.29, 0.717) is 17.9 Å². The Morgan fingerprint density at radius 2 is 1.86 bits per heavy atom. The zero-order valence-electron chi connectivity index (χ0n) is 12.4. The quantitative estimate of drug-likeness (QED) is 0.364. The standard InChI is InChI=1S/C15H21O5P/c1-5-12-17-15-11-9-8-10-14(15)13(4)20-21(16,18-6-2)19-7-3/h5,8-11H,1,4,6-7,12H2,2-3H3. The summed E-state index contributed by atoms with van der Waals surface area (Å²) in [5.74, 6) is 0.724. The summed E-state index contributed by atoms with van der Waals surface area (Å²) in [6.07, 6.45) is 1.63. The van der Waals surface area contributed by atoms with E-state index in [1.807, 2.05) is 6.07 Å². The lowest BCUT2D eigenvalue weighted by Gasteiger charge is -2.19. The van der Waals surface area contributed by atoms with Crippen LogP contribution in [-0.4, -0.2) is 19.8 Å². The van der Waals surface area contributed by atoms with Crippen LogP contribution in [0.25, 0.3) is 5.76 Å². The van der Waals surface area contributed by atoms with Crippen molar-refractivity contribution in [3.8, 4) is 5.75 Å². The van der Waals surface area contributed by atoms with Crippen molar-refractivity contribution in [3.63, 3.8) is 0 Å². The third-order valence-electron chi connectivity index (χ3n) is 2.34. The van der Waals surface area contributed by atoms with Gasteiger partial charge in [0.1, 0.15) is 18.1 Å². The number of benzene rings is 1. The summed E-state index contributed by atoms with van der Waals surface area (Å²) in [6, 6.07) is 7.14. The Kier molecular flexibility index (Phi) is 7.23. The Bertz CT molecular complexity index is 517. The number of ether oxygens (including phenoxy) is 1. The van der Waals surface area contributed by atoms with E-state index in [0.717, 1.165) is 0 Å². The average Bonchev–Trinajstić information content (AvgIpc) is 2.45. The van der Waals surface area contributed by atoms with E-state index in [1.54, 1.807) is 38.1 Å². The molecule has 0 heterocycles. The van der Waals surface area contributed by atoms with Crippen LogP contribution in [0.4, 0.5) is 0 Å². The van der Waals surface area contributed by atoms with Crippen LogP contribution in [-0.2, 0) is 18.1 Å². The zero-order valence-corrected chi connectivity index (χ0v) is 13.3. The fraction of sp³-hybridized carbons (Fsp3) is 0.333. The topological polar surface area (TPSA) is 54.0 Å². The lowest BCUT2D eigenvalue weighted by molar-refractivity contribution is 0.159. The maximum absolute atomic E-state index is 12.3. The summed E-state index contributed by atoms with van der Waals surface area (Å²) in [7, 11) is -3.66. The van der Waals surface area contributed by atoms with Crippen LogP contribution in [0.3, 0.4) is 0 Å². The van der Waals surface area contributed by atoms with Crippen LogP contribution in [0.2, 0.25) is 0 Å². The molecule has 0 amide bonds. The SMILES string of the molecule is C=CCOc1ccccc1C(=C)OP(=O)(OCC)OCC. The summed E-state index contributed by atoms with van der Waals surface area (Å²) in [4.78, 5) is 0. The Morgan fingerprint density at radius 1 is 1.24 bits per heavy atom. The first-order chi connectivity index (χ1) is 10.1. The van der Waals surface area contributed by atoms with E-state index in [-0.39, 0.29) is 19.0 Å². The van der Waals surface area contributed by atoms with Crippen molar-refractivity contribution in [2.75, 3.05) is 19.8 Å². The molecule has 5 nitrogen and oxygen atoms in total. The summed E-state index contributed by atoms with van der Waals surface area (Å²) in [5, 5.41) is 0. The van der Waals surface area contributed by atoms with E-state index < -0.39 is 7.82 Å². The van der Waals surface area contributed by atoms with Gasteiger partial charge in [-0.25, -0.2) is 4.57 Å². The lowest BCUT2D eigenvalue weighted by atomic mass is 10.2. The second kappa shape index (κ2) is 8.67. The molecular weight excluding hydrogens is 291 g/mol. The zero-order chi connectivity index (χ0) is 15.7. The number of hydrogen-bond donors (Lipinski definition) is 0. The van der Waals surface area contributed by atoms with Gasteiger partial charge in [0, 0.05) is 0 Å². The molecule has 0 aliphatic heterocycles. The van der Waals surface area contributed by atoms with Crippen molar-refractivity contribution >= 4 is 13.6 Å². The third kappa shape index (κ3) is 5.38. The van der Waals surface area contributed by atoms with Crippen LogP contribution in [0.1, 0.15) is 19.4 Å². The Hall–Kier alpha value is -1.55. The van der Waals surface area contributed by atoms with Gasteiger partial charge in [-0.2, -0.15) is 0 Å². The van der Waals surface area contributed by atoms with Crippen molar-refractivity contribution in [2.45, 2.75) is 13.8 Å². The highest BCUT2D eigenvalue weighted by Crippen LogP contribution is 2.53. The molecule has 0 saturated carbocycles. The van der Waals surface area contributed by atoms with E-state index in [4.69, 9.17) is 18.3 Å². The van der Waals surface area contributed by atoms with Crippen molar-refractivity contribution in [3.05, 3.63) is 49.1 Å². The molecule has 1 rings (SSSR count). The molecule has 0 atom stereocenters. The van der Waals surface area contributed by atoms with E-state index in [2.05, 4.69) is 13.2 Å². The maximum atomic E-state index is 12.3. The summed E-state index contributed by atoms with van der Waals surface area (Å²) in [6.45, 7) is 11.6. The first kappa shape index (κ1) is 17.5. The molecule has 0 saturated heterocycles. The number of hydrogen-bond acceptors (Lipinski definition) is 5. The predicted octanol–water partition coefficient (Wildman–Crippen LogP) is 4.42. The first-order valence-electron chi connectivity index (χ1n) is 6.67. The minimum atomic E-state index is -3.66. The molecular formula is C15H21O5P. The number of phosphoric ester groups is 1. The molecule has 116 valence electrons.